The van der Waals surface area contributed by atoms with Gasteiger partial charge in [0.2, 0.25) is 0 Å². The van der Waals surface area contributed by atoms with Crippen LogP contribution in [0.3, 0.4) is 0 Å². The first kappa shape index (κ1) is 15.1. The second-order valence-corrected chi connectivity index (χ2v) is 6.07. The zero-order chi connectivity index (χ0) is 16.2. The molecule has 4 nitrogen and oxygen atoms in total. The number of nitrogens with one attached hydrogen (secondary N) is 1. The second-order valence-electron chi connectivity index (χ2n) is 6.07. The lowest BCUT2D eigenvalue weighted by Crippen LogP contribution is -2.33. The van der Waals surface area contributed by atoms with Crippen LogP contribution in [0, 0.1) is 0 Å². The van der Waals surface area contributed by atoms with E-state index in [0.29, 0.717) is 0 Å². The Kier molecular flexibility index (Phi) is 4.40. The molecule has 2 aromatic carbocycles. The monoisotopic (exact) mass is 319 g/mol. The average molecular weight is 319 g/mol. The highest BCUT2D eigenvalue weighted by molar-refractivity contribution is 5.32. The minimum absolute atomic E-state index is 0.171. The van der Waals surface area contributed by atoms with Crippen molar-refractivity contribution in [3.8, 4) is 5.69 Å². The summed E-state index contributed by atoms with van der Waals surface area (Å²) in [5, 5.41) is 8.04. The Morgan fingerprint density at radius 2 is 1.88 bits per heavy atom. The minimum atomic E-state index is 0.171. The van der Waals surface area contributed by atoms with Gasteiger partial charge >= 0.3 is 0 Å². The van der Waals surface area contributed by atoms with Gasteiger partial charge in [0.15, 0.2) is 0 Å². The number of rotatable bonds is 4. The maximum atomic E-state index is 5.80. The number of hydrogen-bond donors (Lipinski definition) is 1. The van der Waals surface area contributed by atoms with Crippen LogP contribution in [0.1, 0.15) is 22.9 Å². The molecule has 1 N–H and O–H groups in total. The van der Waals surface area contributed by atoms with Gasteiger partial charge in [-0.05, 0) is 29.3 Å². The highest BCUT2D eigenvalue weighted by atomic mass is 16.5. The molecule has 1 aliphatic rings. The van der Waals surface area contributed by atoms with Crippen molar-refractivity contribution < 1.29 is 4.74 Å². The molecular weight excluding hydrogens is 298 g/mol. The summed E-state index contributed by atoms with van der Waals surface area (Å²) in [6.07, 6.45) is 3.02. The summed E-state index contributed by atoms with van der Waals surface area (Å²) in [6, 6.07) is 20.9. The first-order valence-electron chi connectivity index (χ1n) is 8.39. The first-order chi connectivity index (χ1) is 11.9. The molecular formula is C20H21N3O. The summed E-state index contributed by atoms with van der Waals surface area (Å²) in [7, 11) is 0. The number of ether oxygens (including phenoxy) is 1. The average Bonchev–Trinajstić information content (AvgIpc) is 3.12. The molecule has 24 heavy (non-hydrogen) atoms. The van der Waals surface area contributed by atoms with Gasteiger partial charge in [-0.25, -0.2) is 4.68 Å². The van der Waals surface area contributed by atoms with Gasteiger partial charge in [-0.3, -0.25) is 0 Å². The lowest BCUT2D eigenvalue weighted by Gasteiger charge is -2.24. The largest absolute Gasteiger partial charge is 0.371 e. The molecule has 3 aromatic rings. The fraction of sp³-hybridized carbons (Fsp3) is 0.250. The number of aromatic nitrogens is 2. The molecule has 0 aliphatic carbocycles. The van der Waals surface area contributed by atoms with E-state index < -0.39 is 0 Å². The second kappa shape index (κ2) is 6.99. The van der Waals surface area contributed by atoms with Crippen molar-refractivity contribution in [2.24, 2.45) is 0 Å². The van der Waals surface area contributed by atoms with Gasteiger partial charge in [0, 0.05) is 25.7 Å². The van der Waals surface area contributed by atoms with E-state index in [1.54, 1.807) is 0 Å². The van der Waals surface area contributed by atoms with Crippen LogP contribution in [-0.4, -0.2) is 29.5 Å². The van der Waals surface area contributed by atoms with Crippen molar-refractivity contribution in [2.75, 3.05) is 19.7 Å². The van der Waals surface area contributed by atoms with Crippen LogP contribution in [0.15, 0.2) is 66.9 Å². The van der Waals surface area contributed by atoms with Gasteiger partial charge in [0.25, 0.3) is 0 Å². The SMILES string of the molecule is c1ccc(-n2ccc(Cc3ccc([C@@H]4CNCCO4)cc3)n2)cc1. The Bertz CT molecular complexity index is 774. The van der Waals surface area contributed by atoms with E-state index in [9.17, 15) is 0 Å². The zero-order valence-electron chi connectivity index (χ0n) is 13.6. The fourth-order valence-electron chi connectivity index (χ4n) is 3.02. The van der Waals surface area contributed by atoms with E-state index in [4.69, 9.17) is 4.74 Å². The lowest BCUT2D eigenvalue weighted by molar-refractivity contribution is 0.0277. The number of nitrogens with zero attached hydrogens (tertiary/aromatic N) is 2. The summed E-state index contributed by atoms with van der Waals surface area (Å²) in [4.78, 5) is 0. The summed E-state index contributed by atoms with van der Waals surface area (Å²) >= 11 is 0. The van der Waals surface area contributed by atoms with Crippen molar-refractivity contribution in [3.63, 3.8) is 0 Å². The molecule has 1 aliphatic heterocycles. The minimum Gasteiger partial charge on any atom is -0.371 e. The standard InChI is InChI=1S/C20H21N3O/c1-2-4-19(5-3-1)23-12-10-18(22-23)14-16-6-8-17(9-7-16)20-15-21-11-13-24-20/h1-10,12,20-21H,11,13-15H2/t20-/m0/s1. The summed E-state index contributed by atoms with van der Waals surface area (Å²) in [6.45, 7) is 2.61. The van der Waals surface area contributed by atoms with E-state index in [1.165, 1.54) is 11.1 Å². The van der Waals surface area contributed by atoms with Gasteiger partial charge < -0.3 is 10.1 Å². The number of morpholine rings is 1. The van der Waals surface area contributed by atoms with Gasteiger partial charge in [-0.2, -0.15) is 5.10 Å². The molecule has 0 spiro atoms. The third kappa shape index (κ3) is 3.40. The van der Waals surface area contributed by atoms with Crippen molar-refractivity contribution in [1.29, 1.82) is 0 Å². The van der Waals surface area contributed by atoms with Crippen LogP contribution in [-0.2, 0) is 11.2 Å². The van der Waals surface area contributed by atoms with Gasteiger partial charge in [-0.15, -0.1) is 0 Å². The smallest absolute Gasteiger partial charge is 0.0949 e. The molecule has 0 bridgehead atoms. The Labute approximate surface area is 142 Å². The van der Waals surface area contributed by atoms with Crippen LogP contribution in [0.4, 0.5) is 0 Å². The van der Waals surface area contributed by atoms with Crippen molar-refractivity contribution >= 4 is 0 Å². The van der Waals surface area contributed by atoms with Crippen LogP contribution < -0.4 is 5.32 Å². The van der Waals surface area contributed by atoms with E-state index in [0.717, 1.165) is 37.5 Å². The van der Waals surface area contributed by atoms with Crippen molar-refractivity contribution in [2.45, 2.75) is 12.5 Å². The van der Waals surface area contributed by atoms with Gasteiger partial charge in [0.05, 0.1) is 24.1 Å². The van der Waals surface area contributed by atoms with Gasteiger partial charge in [-0.1, -0.05) is 42.5 Å². The topological polar surface area (TPSA) is 39.1 Å². The molecule has 4 heteroatoms. The highest BCUT2D eigenvalue weighted by Gasteiger charge is 2.15. The molecule has 1 aromatic heterocycles. The summed E-state index contributed by atoms with van der Waals surface area (Å²) in [5.41, 5.74) is 4.66. The van der Waals surface area contributed by atoms with E-state index in [1.807, 2.05) is 29.1 Å². The summed E-state index contributed by atoms with van der Waals surface area (Å²) < 4.78 is 7.72. The maximum absolute atomic E-state index is 5.80. The normalized spacial score (nSPS) is 17.8. The molecule has 1 saturated heterocycles. The summed E-state index contributed by atoms with van der Waals surface area (Å²) in [5.74, 6) is 0. The maximum Gasteiger partial charge on any atom is 0.0949 e. The molecule has 2 heterocycles. The molecule has 1 fully saturated rings. The Morgan fingerprint density at radius 1 is 1.04 bits per heavy atom. The number of benzene rings is 2. The zero-order valence-corrected chi connectivity index (χ0v) is 13.6. The van der Waals surface area contributed by atoms with Crippen molar-refractivity contribution in [3.05, 3.63) is 83.7 Å². The van der Waals surface area contributed by atoms with E-state index in [2.05, 4.69) is 52.9 Å². The molecule has 122 valence electrons. The van der Waals surface area contributed by atoms with Crippen LogP contribution in [0.2, 0.25) is 0 Å². The number of hydrogen-bond acceptors (Lipinski definition) is 3. The molecule has 0 unspecified atom stereocenters. The first-order valence-corrected chi connectivity index (χ1v) is 8.39. The molecule has 0 amide bonds. The van der Waals surface area contributed by atoms with Crippen LogP contribution >= 0.6 is 0 Å². The van der Waals surface area contributed by atoms with Gasteiger partial charge in [0.1, 0.15) is 0 Å². The highest BCUT2D eigenvalue weighted by Crippen LogP contribution is 2.20. The van der Waals surface area contributed by atoms with E-state index >= 15 is 0 Å². The predicted octanol–water partition coefficient (Wildman–Crippen LogP) is 3.12. The Hall–Kier alpha value is -2.43. The van der Waals surface area contributed by atoms with E-state index in [-0.39, 0.29) is 6.10 Å². The fourth-order valence-corrected chi connectivity index (χ4v) is 3.02. The lowest BCUT2D eigenvalue weighted by atomic mass is 10.0. The number of para-hydroxylation sites is 1. The third-order valence-corrected chi connectivity index (χ3v) is 4.33. The van der Waals surface area contributed by atoms with Crippen LogP contribution in [0.25, 0.3) is 5.69 Å². The van der Waals surface area contributed by atoms with Crippen LogP contribution in [0.5, 0.6) is 0 Å². The van der Waals surface area contributed by atoms with Crippen molar-refractivity contribution in [1.82, 2.24) is 15.1 Å². The molecule has 1 atom stereocenters. The predicted molar refractivity (Wildman–Crippen MR) is 94.4 cm³/mol. The third-order valence-electron chi connectivity index (χ3n) is 4.33. The Balaban J connectivity index is 1.45. The molecule has 4 rings (SSSR count). The molecule has 0 saturated carbocycles. The Morgan fingerprint density at radius 3 is 2.62 bits per heavy atom. The quantitative estimate of drug-likeness (QED) is 0.803. The molecule has 0 radical (unpaired) electrons.